The summed E-state index contributed by atoms with van der Waals surface area (Å²) in [5, 5.41) is 7.32. The molecule has 1 heterocycles. The molecule has 1 aliphatic heterocycles. The second-order valence-electron chi connectivity index (χ2n) is 6.00. The summed E-state index contributed by atoms with van der Waals surface area (Å²) in [6, 6.07) is 8.06. The molecule has 2 atom stereocenters. The Kier molecular flexibility index (Phi) is 5.10. The first kappa shape index (κ1) is 17.1. The van der Waals surface area contributed by atoms with Crippen LogP contribution in [0, 0.1) is 5.53 Å². The van der Waals surface area contributed by atoms with Crippen LogP contribution in [0.5, 0.6) is 0 Å². The van der Waals surface area contributed by atoms with Crippen molar-refractivity contribution in [3.63, 3.8) is 0 Å². The van der Waals surface area contributed by atoms with Crippen LogP contribution in [-0.4, -0.2) is 35.3 Å². The lowest BCUT2D eigenvalue weighted by atomic mass is 9.86. The van der Waals surface area contributed by atoms with Gasteiger partial charge in [-0.05, 0) is 32.4 Å². The van der Waals surface area contributed by atoms with Gasteiger partial charge in [-0.3, -0.25) is 0 Å². The van der Waals surface area contributed by atoms with Crippen molar-refractivity contribution in [2.75, 3.05) is 6.54 Å². The second-order valence-corrected chi connectivity index (χ2v) is 6.00. The van der Waals surface area contributed by atoms with Gasteiger partial charge in [-0.2, -0.15) is 0 Å². The van der Waals surface area contributed by atoms with Crippen LogP contribution >= 0.6 is 0 Å². The fourth-order valence-electron chi connectivity index (χ4n) is 2.60. The predicted octanol–water partition coefficient (Wildman–Crippen LogP) is 3.04. The zero-order chi connectivity index (χ0) is 17.0. The molecule has 2 rings (SSSR count). The third-order valence-electron chi connectivity index (χ3n) is 4.00. The highest BCUT2D eigenvalue weighted by molar-refractivity contribution is 5.89. The van der Waals surface area contributed by atoms with E-state index in [1.165, 1.54) is 5.06 Å². The van der Waals surface area contributed by atoms with Crippen molar-refractivity contribution in [3.05, 3.63) is 48.3 Å². The van der Waals surface area contributed by atoms with Crippen LogP contribution < -0.4 is 5.32 Å². The number of hydrogen-bond acceptors (Lipinski definition) is 6. The number of benzene rings is 1. The van der Waals surface area contributed by atoms with Gasteiger partial charge in [0.1, 0.15) is 12.0 Å². The second kappa shape index (κ2) is 6.87. The van der Waals surface area contributed by atoms with Crippen molar-refractivity contribution in [3.8, 4) is 0 Å². The molecule has 0 amide bonds. The van der Waals surface area contributed by atoms with E-state index < -0.39 is 23.7 Å². The maximum absolute atomic E-state index is 14.8. The maximum atomic E-state index is 14.8. The molecule has 0 radical (unpaired) electrons. The van der Waals surface area contributed by atoms with Gasteiger partial charge in [0.2, 0.25) is 0 Å². The first-order valence-electron chi connectivity index (χ1n) is 7.38. The molecule has 0 aromatic heterocycles. The molecule has 0 bridgehead atoms. The first-order valence-corrected chi connectivity index (χ1v) is 7.38. The van der Waals surface area contributed by atoms with Crippen molar-refractivity contribution in [1.82, 2.24) is 10.4 Å². The quantitative estimate of drug-likeness (QED) is 0.818. The van der Waals surface area contributed by atoms with Gasteiger partial charge in [-0.25, -0.2) is 14.7 Å². The van der Waals surface area contributed by atoms with E-state index in [0.29, 0.717) is 18.5 Å². The number of alkyl halides is 1. The van der Waals surface area contributed by atoms with Crippen LogP contribution in [0.15, 0.2) is 47.8 Å². The summed E-state index contributed by atoms with van der Waals surface area (Å²) < 4.78 is 14.8. The molecule has 1 aliphatic rings. The molecule has 6 nitrogen and oxygen atoms in total. The van der Waals surface area contributed by atoms with E-state index >= 15 is 0 Å². The molecule has 1 aromatic carbocycles. The molecule has 1 aromatic rings. The number of carbonyl (C=O) groups excluding carboxylic acids is 1. The van der Waals surface area contributed by atoms with E-state index in [-0.39, 0.29) is 5.82 Å². The monoisotopic (exact) mass is 320 g/mol. The minimum atomic E-state index is -1.32. The zero-order valence-electron chi connectivity index (χ0n) is 13.3. The number of piperidine rings is 1. The van der Waals surface area contributed by atoms with Gasteiger partial charge in [0, 0.05) is 6.54 Å². The fourth-order valence-corrected chi connectivity index (χ4v) is 2.60. The van der Waals surface area contributed by atoms with Crippen molar-refractivity contribution < 1.29 is 14.0 Å². The van der Waals surface area contributed by atoms with E-state index in [4.69, 9.17) is 10.4 Å². The van der Waals surface area contributed by atoms with Gasteiger partial charge in [0.25, 0.3) is 0 Å². The van der Waals surface area contributed by atoms with E-state index in [1.54, 1.807) is 44.2 Å². The average molecular weight is 320 g/mol. The molecule has 0 unspecified atom stereocenters. The molecule has 7 heteroatoms. The summed E-state index contributed by atoms with van der Waals surface area (Å²) in [4.78, 5) is 17.5. The third-order valence-corrected chi connectivity index (χ3v) is 4.00. The molecule has 23 heavy (non-hydrogen) atoms. The molecular formula is C16H21FN4O2. The summed E-state index contributed by atoms with van der Waals surface area (Å²) >= 11 is 0. The van der Waals surface area contributed by atoms with Crippen molar-refractivity contribution in [2.24, 2.45) is 5.11 Å². The van der Waals surface area contributed by atoms with Gasteiger partial charge in [-0.1, -0.05) is 24.8 Å². The highest BCUT2D eigenvalue weighted by Gasteiger charge is 2.47. The Bertz CT molecular complexity index is 591. The standard InChI is InChI=1S/C16H21FN4O2/c1-11(20-18)19-13-9-10-21(16(2,3)14(13)17)23-15(22)12-7-5-4-6-8-12/h4-8,13-14,18-19H,1,9-10H2,2-3H3/t13-,14-/m1/s1. The van der Waals surface area contributed by atoms with Crippen LogP contribution in [-0.2, 0) is 4.84 Å². The lowest BCUT2D eigenvalue weighted by Gasteiger charge is -2.46. The smallest absolute Gasteiger partial charge is 0.357 e. The Morgan fingerprint density at radius 2 is 2.13 bits per heavy atom. The number of halogens is 1. The number of hydroxylamine groups is 2. The maximum Gasteiger partial charge on any atom is 0.357 e. The van der Waals surface area contributed by atoms with Crippen LogP contribution in [0.25, 0.3) is 0 Å². The highest BCUT2D eigenvalue weighted by atomic mass is 19.1. The number of nitrogens with zero attached hydrogens (tertiary/aromatic N) is 2. The van der Waals surface area contributed by atoms with Crippen LogP contribution in [0.1, 0.15) is 30.6 Å². The van der Waals surface area contributed by atoms with Gasteiger partial charge in [0.05, 0.1) is 17.1 Å². The number of nitrogens with one attached hydrogen (secondary N) is 2. The zero-order valence-corrected chi connectivity index (χ0v) is 13.3. The van der Waals surface area contributed by atoms with Gasteiger partial charge in [-0.15, -0.1) is 10.2 Å². The Hall–Kier alpha value is -2.28. The SMILES string of the molecule is C=C(N=N)N[C@@H]1CCN(OC(=O)c2ccccc2)C(C)(C)[C@@H]1F. The van der Waals surface area contributed by atoms with Crippen molar-refractivity contribution >= 4 is 5.97 Å². The molecule has 0 spiro atoms. The van der Waals surface area contributed by atoms with E-state index in [1.807, 2.05) is 0 Å². The van der Waals surface area contributed by atoms with Gasteiger partial charge < -0.3 is 10.2 Å². The Labute approximate surface area is 134 Å². The van der Waals surface area contributed by atoms with Crippen molar-refractivity contribution in [2.45, 2.75) is 38.0 Å². The molecule has 0 aliphatic carbocycles. The summed E-state index contributed by atoms with van der Waals surface area (Å²) in [6.07, 6.45) is -0.917. The minimum Gasteiger partial charge on any atom is -0.363 e. The van der Waals surface area contributed by atoms with Gasteiger partial charge in [0.15, 0.2) is 0 Å². The number of carbonyl (C=O) groups is 1. The topological polar surface area (TPSA) is 77.8 Å². The minimum absolute atomic E-state index is 0.114. The summed E-state index contributed by atoms with van der Waals surface area (Å²) in [7, 11) is 0. The summed E-state index contributed by atoms with van der Waals surface area (Å²) in [5.41, 5.74) is 6.29. The summed E-state index contributed by atoms with van der Waals surface area (Å²) in [5.74, 6) is -0.397. The number of hydrogen-bond donors (Lipinski definition) is 2. The Morgan fingerprint density at radius 1 is 1.48 bits per heavy atom. The Balaban J connectivity index is 2.06. The Morgan fingerprint density at radius 3 is 2.74 bits per heavy atom. The van der Waals surface area contributed by atoms with E-state index in [2.05, 4.69) is 17.0 Å². The van der Waals surface area contributed by atoms with Crippen LogP contribution in [0.3, 0.4) is 0 Å². The van der Waals surface area contributed by atoms with Crippen LogP contribution in [0.4, 0.5) is 4.39 Å². The molecule has 1 saturated heterocycles. The third kappa shape index (κ3) is 3.73. The lowest BCUT2D eigenvalue weighted by molar-refractivity contribution is -0.207. The first-order chi connectivity index (χ1) is 10.9. The predicted molar refractivity (Wildman–Crippen MR) is 83.4 cm³/mol. The molecule has 0 saturated carbocycles. The highest BCUT2D eigenvalue weighted by Crippen LogP contribution is 2.31. The van der Waals surface area contributed by atoms with E-state index in [0.717, 1.165) is 0 Å². The molecule has 124 valence electrons. The summed E-state index contributed by atoms with van der Waals surface area (Å²) in [6.45, 7) is 7.24. The fraction of sp³-hybridized carbons (Fsp3) is 0.438. The van der Waals surface area contributed by atoms with E-state index in [9.17, 15) is 9.18 Å². The lowest BCUT2D eigenvalue weighted by Crippen LogP contribution is -2.62. The van der Waals surface area contributed by atoms with Crippen molar-refractivity contribution in [1.29, 1.82) is 5.53 Å². The average Bonchev–Trinajstić information content (AvgIpc) is 2.55. The molecular weight excluding hydrogens is 299 g/mol. The largest absolute Gasteiger partial charge is 0.363 e. The number of rotatable bonds is 5. The van der Waals surface area contributed by atoms with Gasteiger partial charge >= 0.3 is 5.97 Å². The van der Waals surface area contributed by atoms with Crippen LogP contribution in [0.2, 0.25) is 0 Å². The normalized spacial score (nSPS) is 23.8. The molecule has 2 N–H and O–H groups in total. The molecule has 1 fully saturated rings.